The number of piperazine rings is 1. The van der Waals surface area contributed by atoms with Crippen molar-refractivity contribution in [3.63, 3.8) is 0 Å². The van der Waals surface area contributed by atoms with E-state index in [2.05, 4.69) is 10.6 Å². The number of anilines is 1. The normalized spacial score (nSPS) is 14.2. The molecule has 0 aliphatic carbocycles. The average molecular weight is 380 g/mol. The lowest BCUT2D eigenvalue weighted by molar-refractivity contribution is 0.0735. The number of carbonyl (C=O) groups excluding carboxylic acids is 2. The maximum Gasteiger partial charge on any atom is 0.255 e. The van der Waals surface area contributed by atoms with Crippen LogP contribution in [0.25, 0.3) is 0 Å². The zero-order chi connectivity index (χ0) is 18.7. The van der Waals surface area contributed by atoms with Crippen LogP contribution in [0.1, 0.15) is 20.7 Å². The summed E-state index contributed by atoms with van der Waals surface area (Å²) in [5.74, 6) is -2.61. The molecular weight excluding hydrogens is 364 g/mol. The van der Waals surface area contributed by atoms with Crippen LogP contribution >= 0.6 is 11.6 Å². The molecule has 1 fully saturated rings. The highest BCUT2D eigenvalue weighted by Crippen LogP contribution is 2.25. The monoisotopic (exact) mass is 379 g/mol. The topological polar surface area (TPSA) is 61.4 Å². The fourth-order valence-corrected chi connectivity index (χ4v) is 2.85. The Morgan fingerprint density at radius 3 is 2.31 bits per heavy atom. The highest BCUT2D eigenvalue weighted by atomic mass is 35.5. The number of benzene rings is 2. The molecule has 2 aromatic rings. The van der Waals surface area contributed by atoms with E-state index in [4.69, 9.17) is 11.6 Å². The standard InChI is InChI=1S/C18H16ClF2N3O2/c19-15-2-1-11(18(26)24-5-3-22-4-6-24)9-16(15)23-17(25)12-7-13(20)10-14(21)8-12/h1-2,7-10,22H,3-6H2,(H,23,25). The smallest absolute Gasteiger partial charge is 0.255 e. The molecule has 2 aromatic carbocycles. The lowest BCUT2D eigenvalue weighted by Gasteiger charge is -2.27. The summed E-state index contributed by atoms with van der Waals surface area (Å²) in [4.78, 5) is 26.5. The third-order valence-electron chi connectivity index (χ3n) is 3.99. The molecule has 0 radical (unpaired) electrons. The number of carbonyl (C=O) groups is 2. The van der Waals surface area contributed by atoms with E-state index >= 15 is 0 Å². The molecule has 5 nitrogen and oxygen atoms in total. The van der Waals surface area contributed by atoms with Gasteiger partial charge in [-0.15, -0.1) is 0 Å². The minimum Gasteiger partial charge on any atom is -0.336 e. The first kappa shape index (κ1) is 18.3. The zero-order valence-corrected chi connectivity index (χ0v) is 14.4. The van der Waals surface area contributed by atoms with Crippen molar-refractivity contribution in [3.05, 3.63) is 64.2 Å². The number of amides is 2. The van der Waals surface area contributed by atoms with Crippen molar-refractivity contribution in [2.24, 2.45) is 0 Å². The molecule has 3 rings (SSSR count). The molecule has 0 unspecified atom stereocenters. The van der Waals surface area contributed by atoms with Crippen LogP contribution < -0.4 is 10.6 Å². The average Bonchev–Trinajstić information content (AvgIpc) is 2.63. The first-order chi connectivity index (χ1) is 12.4. The molecule has 0 atom stereocenters. The van der Waals surface area contributed by atoms with Gasteiger partial charge in [0.2, 0.25) is 0 Å². The third kappa shape index (κ3) is 4.17. The summed E-state index contributed by atoms with van der Waals surface area (Å²) in [7, 11) is 0. The highest BCUT2D eigenvalue weighted by Gasteiger charge is 2.19. The Morgan fingerprint density at radius 1 is 1.00 bits per heavy atom. The van der Waals surface area contributed by atoms with E-state index in [9.17, 15) is 18.4 Å². The first-order valence-corrected chi connectivity index (χ1v) is 8.39. The van der Waals surface area contributed by atoms with Gasteiger partial charge in [-0.3, -0.25) is 9.59 Å². The fourth-order valence-electron chi connectivity index (χ4n) is 2.68. The molecule has 0 saturated carbocycles. The molecule has 0 aromatic heterocycles. The Hall–Kier alpha value is -2.51. The molecule has 2 N–H and O–H groups in total. The predicted octanol–water partition coefficient (Wildman–Crippen LogP) is 2.92. The van der Waals surface area contributed by atoms with Crippen molar-refractivity contribution < 1.29 is 18.4 Å². The van der Waals surface area contributed by atoms with E-state index in [1.54, 1.807) is 11.0 Å². The summed E-state index contributed by atoms with van der Waals surface area (Å²) in [6, 6.07) is 7.05. The number of rotatable bonds is 3. The van der Waals surface area contributed by atoms with Crippen molar-refractivity contribution in [3.8, 4) is 0 Å². The maximum absolute atomic E-state index is 13.3. The number of hydrogen-bond acceptors (Lipinski definition) is 3. The van der Waals surface area contributed by atoms with E-state index in [0.29, 0.717) is 37.8 Å². The Bertz CT molecular complexity index is 834. The molecule has 1 heterocycles. The second kappa shape index (κ2) is 7.80. The first-order valence-electron chi connectivity index (χ1n) is 8.01. The Morgan fingerprint density at radius 2 is 1.65 bits per heavy atom. The van der Waals surface area contributed by atoms with Gasteiger partial charge in [-0.25, -0.2) is 8.78 Å². The van der Waals surface area contributed by atoms with Gasteiger partial charge in [0.15, 0.2) is 0 Å². The van der Waals surface area contributed by atoms with Crippen LogP contribution in [0.3, 0.4) is 0 Å². The molecular formula is C18H16ClF2N3O2. The van der Waals surface area contributed by atoms with Gasteiger partial charge in [0.05, 0.1) is 10.7 Å². The van der Waals surface area contributed by atoms with Crippen molar-refractivity contribution in [2.75, 3.05) is 31.5 Å². The SMILES string of the molecule is O=C(Nc1cc(C(=O)N2CCNCC2)ccc1Cl)c1cc(F)cc(F)c1. The lowest BCUT2D eigenvalue weighted by atomic mass is 10.1. The molecule has 1 aliphatic rings. The van der Waals surface area contributed by atoms with Crippen molar-refractivity contribution in [2.45, 2.75) is 0 Å². The van der Waals surface area contributed by atoms with Crippen molar-refractivity contribution >= 4 is 29.1 Å². The maximum atomic E-state index is 13.3. The van der Waals surface area contributed by atoms with E-state index < -0.39 is 17.5 Å². The zero-order valence-electron chi connectivity index (χ0n) is 13.7. The summed E-state index contributed by atoms with van der Waals surface area (Å²) in [5, 5.41) is 5.87. The Kier molecular flexibility index (Phi) is 5.49. The molecule has 136 valence electrons. The number of nitrogens with zero attached hydrogens (tertiary/aromatic N) is 1. The van der Waals surface area contributed by atoms with Crippen LogP contribution in [-0.4, -0.2) is 42.9 Å². The van der Waals surface area contributed by atoms with Gasteiger partial charge < -0.3 is 15.5 Å². The van der Waals surface area contributed by atoms with E-state index in [0.717, 1.165) is 12.1 Å². The molecule has 26 heavy (non-hydrogen) atoms. The van der Waals surface area contributed by atoms with Gasteiger partial charge in [-0.1, -0.05) is 11.6 Å². The van der Waals surface area contributed by atoms with Gasteiger partial charge in [0, 0.05) is 43.4 Å². The predicted molar refractivity (Wildman–Crippen MR) is 94.5 cm³/mol. The summed E-state index contributed by atoms with van der Waals surface area (Å²) < 4.78 is 26.6. The van der Waals surface area contributed by atoms with Crippen LogP contribution in [0.2, 0.25) is 5.02 Å². The number of halogens is 3. The molecule has 0 bridgehead atoms. The van der Waals surface area contributed by atoms with E-state index in [-0.39, 0.29) is 22.2 Å². The fraction of sp³-hybridized carbons (Fsp3) is 0.222. The van der Waals surface area contributed by atoms with Gasteiger partial charge in [-0.05, 0) is 30.3 Å². The van der Waals surface area contributed by atoms with Crippen molar-refractivity contribution in [1.82, 2.24) is 10.2 Å². The Labute approximate surface area is 153 Å². The van der Waals surface area contributed by atoms with Crippen LogP contribution in [0.4, 0.5) is 14.5 Å². The van der Waals surface area contributed by atoms with Gasteiger partial charge in [0.25, 0.3) is 11.8 Å². The van der Waals surface area contributed by atoms with Crippen LogP contribution in [-0.2, 0) is 0 Å². The minimum atomic E-state index is -0.858. The number of hydrogen-bond donors (Lipinski definition) is 2. The lowest BCUT2D eigenvalue weighted by Crippen LogP contribution is -2.46. The summed E-state index contributed by atoms with van der Waals surface area (Å²) in [5.41, 5.74) is 0.386. The highest BCUT2D eigenvalue weighted by molar-refractivity contribution is 6.34. The number of nitrogens with one attached hydrogen (secondary N) is 2. The quantitative estimate of drug-likeness (QED) is 0.862. The molecule has 8 heteroatoms. The van der Waals surface area contributed by atoms with Crippen LogP contribution in [0.5, 0.6) is 0 Å². The van der Waals surface area contributed by atoms with Gasteiger partial charge >= 0.3 is 0 Å². The molecule has 1 aliphatic heterocycles. The molecule has 2 amide bonds. The Balaban J connectivity index is 1.81. The second-order valence-electron chi connectivity index (χ2n) is 5.85. The van der Waals surface area contributed by atoms with Crippen LogP contribution in [0, 0.1) is 11.6 Å². The van der Waals surface area contributed by atoms with E-state index in [1.165, 1.54) is 12.1 Å². The van der Waals surface area contributed by atoms with Crippen molar-refractivity contribution in [1.29, 1.82) is 0 Å². The largest absolute Gasteiger partial charge is 0.336 e. The summed E-state index contributed by atoms with van der Waals surface area (Å²) >= 11 is 6.08. The summed E-state index contributed by atoms with van der Waals surface area (Å²) in [6.45, 7) is 2.61. The molecule has 0 spiro atoms. The van der Waals surface area contributed by atoms with E-state index in [1.807, 2.05) is 0 Å². The second-order valence-corrected chi connectivity index (χ2v) is 6.26. The van der Waals surface area contributed by atoms with Crippen LogP contribution in [0.15, 0.2) is 36.4 Å². The van der Waals surface area contributed by atoms with Gasteiger partial charge in [0.1, 0.15) is 11.6 Å². The minimum absolute atomic E-state index is 0.171. The molecule has 1 saturated heterocycles. The third-order valence-corrected chi connectivity index (χ3v) is 4.32. The summed E-state index contributed by atoms with van der Waals surface area (Å²) in [6.07, 6.45) is 0. The van der Waals surface area contributed by atoms with Gasteiger partial charge in [-0.2, -0.15) is 0 Å².